The topological polar surface area (TPSA) is 38.3 Å². The van der Waals surface area contributed by atoms with Crippen molar-refractivity contribution < 1.29 is 9.53 Å². The molecule has 0 radical (unpaired) electrons. The lowest BCUT2D eigenvalue weighted by atomic mass is 10.1. The van der Waals surface area contributed by atoms with Crippen molar-refractivity contribution in [3.8, 4) is 5.75 Å². The zero-order valence-corrected chi connectivity index (χ0v) is 12.9. The Hall–Kier alpha value is -2.00. The first-order valence-electron chi connectivity index (χ1n) is 6.86. The maximum atomic E-state index is 11.9. The van der Waals surface area contributed by atoms with Crippen LogP contribution >= 0.6 is 11.6 Å². The van der Waals surface area contributed by atoms with Gasteiger partial charge in [-0.1, -0.05) is 30.7 Å². The smallest absolute Gasteiger partial charge is 0.262 e. The highest BCUT2D eigenvalue weighted by Crippen LogP contribution is 2.21. The molecule has 0 unspecified atom stereocenters. The molecule has 2 aromatic carbocycles. The minimum absolute atomic E-state index is 0.0298. The first kappa shape index (κ1) is 15.4. The van der Waals surface area contributed by atoms with E-state index in [2.05, 4.69) is 12.2 Å². The van der Waals surface area contributed by atoms with E-state index in [1.807, 2.05) is 31.2 Å². The molecular weight excluding hydrogens is 286 g/mol. The highest BCUT2D eigenvalue weighted by Gasteiger charge is 2.06. The summed E-state index contributed by atoms with van der Waals surface area (Å²) in [6, 6.07) is 13.1. The largest absolute Gasteiger partial charge is 0.483 e. The number of amides is 1. The number of aryl methyl sites for hydroxylation is 2. The van der Waals surface area contributed by atoms with Crippen LogP contribution < -0.4 is 10.1 Å². The second-order valence-electron chi connectivity index (χ2n) is 4.80. The summed E-state index contributed by atoms with van der Waals surface area (Å²) < 4.78 is 5.50. The molecule has 0 fully saturated rings. The summed E-state index contributed by atoms with van der Waals surface area (Å²) in [6.07, 6.45) is 0.979. The first-order valence-corrected chi connectivity index (χ1v) is 7.24. The lowest BCUT2D eigenvalue weighted by Crippen LogP contribution is -2.20. The molecule has 3 nitrogen and oxygen atoms in total. The molecule has 1 amide bonds. The molecule has 0 aromatic heterocycles. The van der Waals surface area contributed by atoms with E-state index >= 15 is 0 Å². The Morgan fingerprint density at radius 3 is 2.52 bits per heavy atom. The Balaban J connectivity index is 1.89. The molecule has 2 aromatic rings. The maximum absolute atomic E-state index is 11.9. The third kappa shape index (κ3) is 4.50. The number of anilines is 1. The van der Waals surface area contributed by atoms with E-state index in [9.17, 15) is 4.79 Å². The van der Waals surface area contributed by atoms with Crippen LogP contribution in [0.4, 0.5) is 5.69 Å². The molecule has 0 aliphatic rings. The van der Waals surface area contributed by atoms with Crippen LogP contribution in [0.2, 0.25) is 5.02 Å². The van der Waals surface area contributed by atoms with Crippen molar-refractivity contribution in [1.29, 1.82) is 0 Å². The van der Waals surface area contributed by atoms with Gasteiger partial charge in [0, 0.05) is 10.7 Å². The molecule has 21 heavy (non-hydrogen) atoms. The van der Waals surface area contributed by atoms with Gasteiger partial charge < -0.3 is 10.1 Å². The number of carbonyl (C=O) groups excluding carboxylic acids is 1. The van der Waals surface area contributed by atoms with Gasteiger partial charge in [0.1, 0.15) is 5.75 Å². The second kappa shape index (κ2) is 7.14. The van der Waals surface area contributed by atoms with Crippen molar-refractivity contribution in [2.45, 2.75) is 20.3 Å². The average Bonchev–Trinajstić information content (AvgIpc) is 2.47. The van der Waals surface area contributed by atoms with Gasteiger partial charge in [-0.3, -0.25) is 4.79 Å². The lowest BCUT2D eigenvalue weighted by Gasteiger charge is -2.10. The van der Waals surface area contributed by atoms with Gasteiger partial charge in [-0.25, -0.2) is 0 Å². The summed E-state index contributed by atoms with van der Waals surface area (Å²) in [4.78, 5) is 11.9. The first-order chi connectivity index (χ1) is 10.1. The van der Waals surface area contributed by atoms with Crippen molar-refractivity contribution in [3.05, 3.63) is 58.6 Å². The van der Waals surface area contributed by atoms with Crippen molar-refractivity contribution in [2.24, 2.45) is 0 Å². The van der Waals surface area contributed by atoms with Crippen LogP contribution in [-0.4, -0.2) is 12.5 Å². The quantitative estimate of drug-likeness (QED) is 0.897. The number of nitrogens with one attached hydrogen (secondary N) is 1. The number of hydrogen-bond acceptors (Lipinski definition) is 2. The zero-order valence-electron chi connectivity index (χ0n) is 12.2. The highest BCUT2D eigenvalue weighted by molar-refractivity contribution is 6.30. The van der Waals surface area contributed by atoms with Gasteiger partial charge >= 0.3 is 0 Å². The van der Waals surface area contributed by atoms with Crippen LogP contribution in [0.5, 0.6) is 5.75 Å². The molecule has 0 heterocycles. The molecule has 2 rings (SSSR count). The van der Waals surface area contributed by atoms with Crippen LogP contribution in [0, 0.1) is 6.92 Å². The number of carbonyl (C=O) groups is 1. The third-order valence-electron chi connectivity index (χ3n) is 3.14. The normalized spacial score (nSPS) is 10.2. The summed E-state index contributed by atoms with van der Waals surface area (Å²) >= 11 is 5.88. The average molecular weight is 304 g/mol. The number of rotatable bonds is 5. The van der Waals surface area contributed by atoms with E-state index in [0.717, 1.165) is 17.7 Å². The van der Waals surface area contributed by atoms with Crippen LogP contribution in [0.1, 0.15) is 18.1 Å². The molecule has 0 saturated carbocycles. The van der Waals surface area contributed by atoms with Gasteiger partial charge in [-0.15, -0.1) is 0 Å². The Labute approximate surface area is 129 Å². The molecule has 0 spiro atoms. The number of ether oxygens (including phenoxy) is 1. The monoisotopic (exact) mass is 303 g/mol. The molecule has 0 aliphatic carbocycles. The predicted octanol–water partition coefficient (Wildman–Crippen LogP) is 4.23. The van der Waals surface area contributed by atoms with Crippen LogP contribution in [0.25, 0.3) is 0 Å². The van der Waals surface area contributed by atoms with E-state index in [-0.39, 0.29) is 12.5 Å². The van der Waals surface area contributed by atoms with E-state index in [0.29, 0.717) is 10.8 Å². The zero-order chi connectivity index (χ0) is 15.2. The number of hydrogen-bond donors (Lipinski definition) is 1. The lowest BCUT2D eigenvalue weighted by molar-refractivity contribution is -0.118. The minimum atomic E-state index is -0.186. The van der Waals surface area contributed by atoms with E-state index in [4.69, 9.17) is 16.3 Å². The molecule has 4 heteroatoms. The minimum Gasteiger partial charge on any atom is -0.483 e. The number of halogens is 1. The SMILES string of the molecule is CCc1ccc(NC(=O)COc2ccc(Cl)cc2C)cc1. The fourth-order valence-electron chi connectivity index (χ4n) is 1.94. The van der Waals surface area contributed by atoms with Crippen LogP contribution in [0.3, 0.4) is 0 Å². The van der Waals surface area contributed by atoms with Crippen molar-refractivity contribution in [3.63, 3.8) is 0 Å². The molecule has 0 aliphatic heterocycles. The van der Waals surface area contributed by atoms with Gasteiger partial charge in [0.05, 0.1) is 0 Å². The molecule has 0 atom stereocenters. The second-order valence-corrected chi connectivity index (χ2v) is 5.23. The third-order valence-corrected chi connectivity index (χ3v) is 3.38. The maximum Gasteiger partial charge on any atom is 0.262 e. The van der Waals surface area contributed by atoms with E-state index < -0.39 is 0 Å². The Kier molecular flexibility index (Phi) is 5.23. The summed E-state index contributed by atoms with van der Waals surface area (Å²) in [6.45, 7) is 3.95. The van der Waals surface area contributed by atoms with E-state index in [1.165, 1.54) is 5.56 Å². The van der Waals surface area contributed by atoms with Crippen LogP contribution in [0.15, 0.2) is 42.5 Å². The molecule has 110 valence electrons. The van der Waals surface area contributed by atoms with Gasteiger partial charge in [0.15, 0.2) is 6.61 Å². The fraction of sp³-hybridized carbons (Fsp3) is 0.235. The number of benzene rings is 2. The molecule has 0 bridgehead atoms. The fourth-order valence-corrected chi connectivity index (χ4v) is 2.17. The molecule has 1 N–H and O–H groups in total. The van der Waals surface area contributed by atoms with Gasteiger partial charge in [-0.05, 0) is 54.8 Å². The summed E-state index contributed by atoms with van der Waals surface area (Å²) in [5.74, 6) is 0.476. The Morgan fingerprint density at radius 2 is 1.90 bits per heavy atom. The molecular formula is C17H18ClNO2. The summed E-state index contributed by atoms with van der Waals surface area (Å²) in [7, 11) is 0. The van der Waals surface area contributed by atoms with Crippen molar-refractivity contribution in [1.82, 2.24) is 0 Å². The van der Waals surface area contributed by atoms with E-state index in [1.54, 1.807) is 18.2 Å². The highest BCUT2D eigenvalue weighted by atomic mass is 35.5. The van der Waals surface area contributed by atoms with Crippen molar-refractivity contribution >= 4 is 23.2 Å². The Bertz CT molecular complexity index is 623. The molecule has 0 saturated heterocycles. The van der Waals surface area contributed by atoms with Gasteiger partial charge in [0.25, 0.3) is 5.91 Å². The van der Waals surface area contributed by atoms with Gasteiger partial charge in [-0.2, -0.15) is 0 Å². The van der Waals surface area contributed by atoms with Gasteiger partial charge in [0.2, 0.25) is 0 Å². The van der Waals surface area contributed by atoms with Crippen LogP contribution in [-0.2, 0) is 11.2 Å². The predicted molar refractivity (Wildman–Crippen MR) is 86.1 cm³/mol. The summed E-state index contributed by atoms with van der Waals surface area (Å²) in [5, 5.41) is 3.46. The Morgan fingerprint density at radius 1 is 1.19 bits per heavy atom. The van der Waals surface area contributed by atoms with Crippen molar-refractivity contribution in [2.75, 3.05) is 11.9 Å². The summed E-state index contributed by atoms with van der Waals surface area (Å²) in [5.41, 5.74) is 2.91. The standard InChI is InChI=1S/C17H18ClNO2/c1-3-13-4-7-15(8-5-13)19-17(20)11-21-16-9-6-14(18)10-12(16)2/h4-10H,3,11H2,1-2H3,(H,19,20).